The van der Waals surface area contributed by atoms with Gasteiger partial charge in [-0.3, -0.25) is 14.6 Å². The van der Waals surface area contributed by atoms with Crippen LogP contribution in [0.4, 0.5) is 0 Å². The molecule has 1 heterocycles. The Bertz CT molecular complexity index is 1070. The molecule has 0 saturated heterocycles. The number of ether oxygens (including phenoxy) is 1. The van der Waals surface area contributed by atoms with Gasteiger partial charge in [0.2, 0.25) is 0 Å². The first-order valence-electron chi connectivity index (χ1n) is 10.4. The number of allylic oxidation sites excluding steroid dienone is 2. The largest absolute Gasteiger partial charge is 0.465 e. The quantitative estimate of drug-likeness (QED) is 0.467. The van der Waals surface area contributed by atoms with E-state index in [0.29, 0.717) is 29.1 Å². The average molecular weight is 501 g/mol. The Balaban J connectivity index is 1.78. The number of esters is 1. The Kier molecular flexibility index (Phi) is 6.44. The molecule has 1 aliphatic heterocycles. The third-order valence-corrected chi connectivity index (χ3v) is 6.78. The first-order valence-corrected chi connectivity index (χ1v) is 11.5. The summed E-state index contributed by atoms with van der Waals surface area (Å²) in [7, 11) is 0. The third-order valence-electron chi connectivity index (χ3n) is 6.00. The van der Waals surface area contributed by atoms with E-state index in [2.05, 4.69) is 15.9 Å². The van der Waals surface area contributed by atoms with Crippen LogP contribution in [0.5, 0.6) is 0 Å². The number of carbonyl (C=O) groups is 2. The highest BCUT2D eigenvalue weighted by Gasteiger charge is 2.44. The lowest BCUT2D eigenvalue weighted by Gasteiger charge is -2.36. The molecular weight excluding hydrogens is 478 g/mol. The van der Waals surface area contributed by atoms with E-state index in [1.54, 1.807) is 6.92 Å². The maximum Gasteiger partial charge on any atom is 0.315 e. The van der Waals surface area contributed by atoms with Crippen molar-refractivity contribution in [3.8, 4) is 0 Å². The second-order valence-electron chi connectivity index (χ2n) is 7.95. The molecule has 1 unspecified atom stereocenters. The summed E-state index contributed by atoms with van der Waals surface area (Å²) in [6.45, 7) is 3.93. The molecule has 2 aromatic rings. The number of aliphatic imine (C=N–C) groups is 1. The van der Waals surface area contributed by atoms with Crippen molar-refractivity contribution >= 4 is 45.0 Å². The fraction of sp³-hybridized carbons (Fsp3) is 0.320. The number of hydrogen-bond acceptors (Lipinski definition) is 4. The van der Waals surface area contributed by atoms with Crippen LogP contribution in [-0.4, -0.2) is 24.1 Å². The molecule has 0 N–H and O–H groups in total. The highest BCUT2D eigenvalue weighted by atomic mass is 79.9. The van der Waals surface area contributed by atoms with Gasteiger partial charge in [0.1, 0.15) is 5.92 Å². The smallest absolute Gasteiger partial charge is 0.315 e. The molecule has 3 atom stereocenters. The summed E-state index contributed by atoms with van der Waals surface area (Å²) in [6.07, 6.45) is 1.04. The lowest BCUT2D eigenvalue weighted by molar-refractivity contribution is -0.146. The van der Waals surface area contributed by atoms with Crippen molar-refractivity contribution in [3.63, 3.8) is 0 Å². The number of carbonyl (C=O) groups excluding carboxylic acids is 2. The van der Waals surface area contributed by atoms with Crippen LogP contribution in [0.1, 0.15) is 49.7 Å². The van der Waals surface area contributed by atoms with Gasteiger partial charge in [-0.2, -0.15) is 0 Å². The van der Waals surface area contributed by atoms with E-state index in [1.807, 2.05) is 55.5 Å². The zero-order valence-corrected chi connectivity index (χ0v) is 19.7. The average Bonchev–Trinajstić information content (AvgIpc) is 2.74. The molecule has 0 radical (unpaired) electrons. The first kappa shape index (κ1) is 22.0. The maximum atomic E-state index is 13.4. The summed E-state index contributed by atoms with van der Waals surface area (Å²) in [6, 6.07) is 15.4. The van der Waals surface area contributed by atoms with Crippen molar-refractivity contribution in [2.75, 3.05) is 6.61 Å². The lowest BCUT2D eigenvalue weighted by atomic mass is 9.69. The summed E-state index contributed by atoms with van der Waals surface area (Å²) in [4.78, 5) is 31.1. The van der Waals surface area contributed by atoms with Crippen LogP contribution in [0.15, 0.2) is 69.3 Å². The highest BCUT2D eigenvalue weighted by Crippen LogP contribution is 2.47. The number of rotatable bonds is 4. The van der Waals surface area contributed by atoms with Crippen LogP contribution < -0.4 is 0 Å². The van der Waals surface area contributed by atoms with E-state index in [0.717, 1.165) is 21.3 Å². The molecule has 0 aromatic heterocycles. The van der Waals surface area contributed by atoms with Gasteiger partial charge in [-0.15, -0.1) is 0 Å². The number of nitrogens with zero attached hydrogens (tertiary/aromatic N) is 1. The number of halogens is 2. The number of Topliss-reactive ketones (excluding diaryl/α,β-unsaturated/α-hetero) is 1. The van der Waals surface area contributed by atoms with E-state index >= 15 is 0 Å². The van der Waals surface area contributed by atoms with Crippen molar-refractivity contribution in [2.45, 2.75) is 38.5 Å². The Morgan fingerprint density at radius 3 is 2.39 bits per heavy atom. The van der Waals surface area contributed by atoms with Crippen molar-refractivity contribution in [1.29, 1.82) is 0 Å². The summed E-state index contributed by atoms with van der Waals surface area (Å²) in [5.41, 5.74) is 4.11. The molecule has 0 bridgehead atoms. The van der Waals surface area contributed by atoms with Gasteiger partial charge >= 0.3 is 5.97 Å². The summed E-state index contributed by atoms with van der Waals surface area (Å²) in [5.74, 6) is -1.24. The van der Waals surface area contributed by atoms with Gasteiger partial charge in [0, 0.05) is 38.8 Å². The fourth-order valence-electron chi connectivity index (χ4n) is 4.60. The SMILES string of the molecule is CCOC(=O)C1C(C)=NC2=C(C(=O)C[C@H](c3ccc(Cl)cc3)C2)[C@H]1c1ccc(Br)cc1. The van der Waals surface area contributed by atoms with Gasteiger partial charge in [-0.1, -0.05) is 51.8 Å². The molecule has 0 saturated carbocycles. The Hall–Kier alpha value is -2.24. The van der Waals surface area contributed by atoms with Gasteiger partial charge in [0.05, 0.1) is 6.61 Å². The Labute approximate surface area is 195 Å². The Morgan fingerprint density at radius 2 is 1.74 bits per heavy atom. The zero-order chi connectivity index (χ0) is 22.1. The van der Waals surface area contributed by atoms with Gasteiger partial charge in [-0.05, 0) is 61.6 Å². The topological polar surface area (TPSA) is 55.7 Å². The maximum absolute atomic E-state index is 13.4. The Morgan fingerprint density at radius 1 is 1.10 bits per heavy atom. The van der Waals surface area contributed by atoms with Crippen LogP contribution in [0, 0.1) is 5.92 Å². The molecule has 160 valence electrons. The van der Waals surface area contributed by atoms with Gasteiger partial charge in [0.15, 0.2) is 5.78 Å². The predicted octanol–water partition coefficient (Wildman–Crippen LogP) is 6.24. The second-order valence-corrected chi connectivity index (χ2v) is 9.30. The van der Waals surface area contributed by atoms with Crippen LogP contribution in [0.2, 0.25) is 5.02 Å². The molecule has 0 fully saturated rings. The lowest BCUT2D eigenvalue weighted by Crippen LogP contribution is -2.38. The van der Waals surface area contributed by atoms with Crippen LogP contribution in [0.3, 0.4) is 0 Å². The zero-order valence-electron chi connectivity index (χ0n) is 17.4. The second kappa shape index (κ2) is 9.09. The number of ketones is 1. The van der Waals surface area contributed by atoms with Gasteiger partial charge in [-0.25, -0.2) is 0 Å². The number of benzene rings is 2. The standard InChI is InChI=1S/C25H23BrClNO3/c1-3-31-25(30)22-14(2)28-20-12-17(15-6-10-19(27)11-7-15)13-21(29)24(20)23(22)16-4-8-18(26)9-5-16/h4-11,17,22-23H,3,12-13H2,1-2H3/t17-,22?,23+/m1/s1. The monoisotopic (exact) mass is 499 g/mol. The third kappa shape index (κ3) is 4.39. The van der Waals surface area contributed by atoms with Crippen molar-refractivity contribution in [2.24, 2.45) is 10.9 Å². The van der Waals surface area contributed by atoms with Crippen LogP contribution >= 0.6 is 27.5 Å². The van der Waals surface area contributed by atoms with Crippen LogP contribution in [-0.2, 0) is 14.3 Å². The molecule has 1 aliphatic carbocycles. The van der Waals surface area contributed by atoms with E-state index in [-0.39, 0.29) is 24.3 Å². The minimum atomic E-state index is -0.601. The minimum Gasteiger partial charge on any atom is -0.465 e. The molecule has 2 aromatic carbocycles. The van der Waals surface area contributed by atoms with Crippen molar-refractivity contribution in [1.82, 2.24) is 0 Å². The van der Waals surface area contributed by atoms with Crippen LogP contribution in [0.25, 0.3) is 0 Å². The summed E-state index contributed by atoms with van der Waals surface area (Å²) in [5, 5.41) is 0.671. The molecule has 0 spiro atoms. The van der Waals surface area contributed by atoms with Gasteiger partial charge in [0.25, 0.3) is 0 Å². The molecule has 2 aliphatic rings. The normalized spacial score (nSPS) is 23.3. The molecule has 31 heavy (non-hydrogen) atoms. The van der Waals surface area contributed by atoms with E-state index in [9.17, 15) is 9.59 Å². The molecule has 0 amide bonds. The van der Waals surface area contributed by atoms with E-state index in [1.165, 1.54) is 0 Å². The first-order chi connectivity index (χ1) is 14.9. The van der Waals surface area contributed by atoms with E-state index < -0.39 is 11.8 Å². The minimum absolute atomic E-state index is 0.0414. The predicted molar refractivity (Wildman–Crippen MR) is 126 cm³/mol. The fourth-order valence-corrected chi connectivity index (χ4v) is 4.99. The van der Waals surface area contributed by atoms with Crippen molar-refractivity contribution < 1.29 is 14.3 Å². The molecule has 6 heteroatoms. The molecule has 4 rings (SSSR count). The summed E-state index contributed by atoms with van der Waals surface area (Å²) >= 11 is 9.50. The van der Waals surface area contributed by atoms with Gasteiger partial charge < -0.3 is 4.74 Å². The highest BCUT2D eigenvalue weighted by molar-refractivity contribution is 9.10. The number of hydrogen-bond donors (Lipinski definition) is 0. The molecule has 4 nitrogen and oxygen atoms in total. The van der Waals surface area contributed by atoms with E-state index in [4.69, 9.17) is 21.3 Å². The van der Waals surface area contributed by atoms with Crippen molar-refractivity contribution in [3.05, 3.63) is 80.4 Å². The summed E-state index contributed by atoms with van der Waals surface area (Å²) < 4.78 is 6.31. The molecular formula is C25H23BrClNO3.